The number of carbonyl (C=O) groups is 1. The Labute approximate surface area is 146 Å². The molecule has 2 aromatic heterocycles. The molecule has 0 atom stereocenters. The number of aromatic nitrogens is 1. The van der Waals surface area contributed by atoms with Gasteiger partial charge in [0.05, 0.1) is 0 Å². The SMILES string of the molecule is O=C(O)C1(Sc2ccnc3sc(-c4ccc(F)cc4)cc23)CCC1. The molecule has 2 heterocycles. The number of fused-ring (bicyclic) bond motifs is 1. The minimum absolute atomic E-state index is 0.261. The van der Waals surface area contributed by atoms with Crippen molar-refractivity contribution >= 4 is 39.3 Å². The van der Waals surface area contributed by atoms with Crippen molar-refractivity contribution in [3.05, 3.63) is 48.4 Å². The van der Waals surface area contributed by atoms with Crippen molar-refractivity contribution in [3.63, 3.8) is 0 Å². The summed E-state index contributed by atoms with van der Waals surface area (Å²) in [5, 5.41) is 10.5. The Morgan fingerprint density at radius 3 is 2.62 bits per heavy atom. The van der Waals surface area contributed by atoms with Gasteiger partial charge in [-0.05, 0) is 49.1 Å². The second-order valence-electron chi connectivity index (χ2n) is 5.90. The lowest BCUT2D eigenvalue weighted by atomic mass is 9.84. The van der Waals surface area contributed by atoms with Gasteiger partial charge < -0.3 is 5.11 Å². The number of benzene rings is 1. The molecule has 3 nitrogen and oxygen atoms in total. The number of thiophene rings is 1. The van der Waals surface area contributed by atoms with Gasteiger partial charge in [-0.25, -0.2) is 9.37 Å². The largest absolute Gasteiger partial charge is 0.480 e. The van der Waals surface area contributed by atoms with Crippen molar-refractivity contribution in [1.29, 1.82) is 0 Å². The fraction of sp³-hybridized carbons (Fsp3) is 0.222. The normalized spacial score (nSPS) is 16.0. The van der Waals surface area contributed by atoms with Crippen molar-refractivity contribution in [1.82, 2.24) is 4.98 Å². The highest BCUT2D eigenvalue weighted by atomic mass is 32.2. The van der Waals surface area contributed by atoms with E-state index >= 15 is 0 Å². The average molecular weight is 359 g/mol. The first kappa shape index (κ1) is 15.6. The molecule has 122 valence electrons. The summed E-state index contributed by atoms with van der Waals surface area (Å²) >= 11 is 2.97. The Hall–Kier alpha value is -1.92. The number of carboxylic acid groups (broad SMARTS) is 1. The standard InChI is InChI=1S/C18H14FNO2S2/c19-12-4-2-11(3-5-12)15-10-13-14(6-9-20-16(13)23-15)24-18(17(21)22)7-1-8-18/h2-6,9-10H,1,7-8H2,(H,21,22). The van der Waals surface area contributed by atoms with Gasteiger partial charge in [-0.2, -0.15) is 0 Å². The Morgan fingerprint density at radius 1 is 1.25 bits per heavy atom. The van der Waals surface area contributed by atoms with E-state index in [-0.39, 0.29) is 5.82 Å². The van der Waals surface area contributed by atoms with E-state index in [1.807, 2.05) is 12.1 Å². The first-order valence-electron chi connectivity index (χ1n) is 7.64. The molecule has 4 rings (SSSR count). The smallest absolute Gasteiger partial charge is 0.320 e. The van der Waals surface area contributed by atoms with Gasteiger partial charge >= 0.3 is 5.97 Å². The van der Waals surface area contributed by atoms with Gasteiger partial charge in [0.1, 0.15) is 15.4 Å². The number of hydrogen-bond donors (Lipinski definition) is 1. The lowest BCUT2D eigenvalue weighted by Crippen LogP contribution is -2.41. The highest BCUT2D eigenvalue weighted by molar-refractivity contribution is 8.01. The average Bonchev–Trinajstić information content (AvgIpc) is 2.96. The summed E-state index contributed by atoms with van der Waals surface area (Å²) in [5.41, 5.74) is 0.937. The van der Waals surface area contributed by atoms with Crippen LogP contribution in [0.3, 0.4) is 0 Å². The lowest BCUT2D eigenvalue weighted by Gasteiger charge is -2.36. The molecule has 0 spiro atoms. The quantitative estimate of drug-likeness (QED) is 0.695. The van der Waals surface area contributed by atoms with E-state index in [1.165, 1.54) is 35.2 Å². The maximum atomic E-state index is 13.1. The molecule has 1 N–H and O–H groups in total. The Balaban J connectivity index is 1.75. The molecule has 0 unspecified atom stereocenters. The molecule has 1 aliphatic carbocycles. The zero-order valence-electron chi connectivity index (χ0n) is 12.7. The van der Waals surface area contributed by atoms with Crippen LogP contribution in [-0.2, 0) is 4.79 Å². The number of thioether (sulfide) groups is 1. The second-order valence-corrected chi connectivity index (χ2v) is 8.36. The third-order valence-electron chi connectivity index (χ3n) is 4.38. The van der Waals surface area contributed by atoms with Crippen LogP contribution in [0.1, 0.15) is 19.3 Å². The monoisotopic (exact) mass is 359 g/mol. The lowest BCUT2D eigenvalue weighted by molar-refractivity contribution is -0.142. The molecule has 3 aromatic rings. The van der Waals surface area contributed by atoms with Gasteiger partial charge in [0.25, 0.3) is 0 Å². The summed E-state index contributed by atoms with van der Waals surface area (Å²) in [7, 11) is 0. The predicted octanol–water partition coefficient (Wildman–Crippen LogP) is 5.20. The molecule has 6 heteroatoms. The fourth-order valence-corrected chi connectivity index (χ4v) is 5.32. The van der Waals surface area contributed by atoms with E-state index in [2.05, 4.69) is 4.98 Å². The van der Waals surface area contributed by atoms with Crippen LogP contribution >= 0.6 is 23.1 Å². The summed E-state index contributed by atoms with van der Waals surface area (Å²) in [6.07, 6.45) is 4.08. The van der Waals surface area contributed by atoms with Gasteiger partial charge in [-0.3, -0.25) is 4.79 Å². The van der Waals surface area contributed by atoms with Crippen LogP contribution in [0.5, 0.6) is 0 Å². The van der Waals surface area contributed by atoms with E-state index in [0.29, 0.717) is 12.8 Å². The molecule has 0 aliphatic heterocycles. The number of carboxylic acids is 1. The molecule has 1 saturated carbocycles. The topological polar surface area (TPSA) is 50.2 Å². The molecule has 24 heavy (non-hydrogen) atoms. The Kier molecular flexibility index (Phi) is 3.81. The van der Waals surface area contributed by atoms with Gasteiger partial charge in [0.2, 0.25) is 0 Å². The molecule has 1 aliphatic rings. The first-order valence-corrected chi connectivity index (χ1v) is 9.28. The number of pyridine rings is 1. The number of aliphatic carboxylic acids is 1. The van der Waals surface area contributed by atoms with E-state index < -0.39 is 10.7 Å². The molecular formula is C18H14FNO2S2. The Bertz CT molecular complexity index is 916. The number of halogens is 1. The third kappa shape index (κ3) is 2.59. The molecule has 0 bridgehead atoms. The van der Waals surface area contributed by atoms with Crippen LogP contribution in [0.25, 0.3) is 20.7 Å². The van der Waals surface area contributed by atoms with Crippen LogP contribution in [0.4, 0.5) is 4.39 Å². The van der Waals surface area contributed by atoms with Gasteiger partial charge in [-0.15, -0.1) is 23.1 Å². The van der Waals surface area contributed by atoms with Crippen LogP contribution in [0.15, 0.2) is 47.5 Å². The first-order chi connectivity index (χ1) is 11.6. The van der Waals surface area contributed by atoms with Crippen molar-refractivity contribution in [2.45, 2.75) is 28.9 Å². The van der Waals surface area contributed by atoms with E-state index in [9.17, 15) is 14.3 Å². The number of hydrogen-bond acceptors (Lipinski definition) is 4. The molecule has 1 aromatic carbocycles. The van der Waals surface area contributed by atoms with Gasteiger partial charge in [0, 0.05) is 21.4 Å². The maximum absolute atomic E-state index is 13.1. The van der Waals surface area contributed by atoms with Gasteiger partial charge in [0.15, 0.2) is 0 Å². The summed E-state index contributed by atoms with van der Waals surface area (Å²) in [6.45, 7) is 0. The number of rotatable bonds is 4. The van der Waals surface area contributed by atoms with Crippen LogP contribution < -0.4 is 0 Å². The molecule has 0 saturated heterocycles. The summed E-state index contributed by atoms with van der Waals surface area (Å²) in [4.78, 5) is 18.9. The van der Waals surface area contributed by atoms with Gasteiger partial charge in [-0.1, -0.05) is 12.1 Å². The zero-order valence-corrected chi connectivity index (χ0v) is 14.3. The van der Waals surface area contributed by atoms with Crippen LogP contribution in [0, 0.1) is 5.82 Å². The highest BCUT2D eigenvalue weighted by Crippen LogP contribution is 2.50. The molecule has 1 fully saturated rings. The molecule has 0 radical (unpaired) electrons. The van der Waals surface area contributed by atoms with Crippen molar-refractivity contribution in [2.75, 3.05) is 0 Å². The minimum Gasteiger partial charge on any atom is -0.480 e. The third-order valence-corrected chi connectivity index (χ3v) is 7.02. The predicted molar refractivity (Wildman–Crippen MR) is 95.1 cm³/mol. The van der Waals surface area contributed by atoms with Crippen molar-refractivity contribution in [2.24, 2.45) is 0 Å². The van der Waals surface area contributed by atoms with E-state index in [0.717, 1.165) is 32.0 Å². The number of nitrogens with zero attached hydrogens (tertiary/aromatic N) is 1. The zero-order chi connectivity index (χ0) is 16.7. The van der Waals surface area contributed by atoms with Crippen molar-refractivity contribution in [3.8, 4) is 10.4 Å². The van der Waals surface area contributed by atoms with E-state index in [4.69, 9.17) is 0 Å². The van der Waals surface area contributed by atoms with Crippen LogP contribution in [0.2, 0.25) is 0 Å². The Morgan fingerprint density at radius 2 is 2.00 bits per heavy atom. The summed E-state index contributed by atoms with van der Waals surface area (Å²) in [5.74, 6) is -1.000. The van der Waals surface area contributed by atoms with Crippen LogP contribution in [-0.4, -0.2) is 20.8 Å². The summed E-state index contributed by atoms with van der Waals surface area (Å²) < 4.78 is 12.4. The minimum atomic E-state index is -0.738. The molecular weight excluding hydrogens is 345 g/mol. The van der Waals surface area contributed by atoms with Crippen molar-refractivity contribution < 1.29 is 14.3 Å². The second kappa shape index (κ2) is 5.86. The highest BCUT2D eigenvalue weighted by Gasteiger charge is 2.45. The molecule has 0 amide bonds. The fourth-order valence-electron chi connectivity index (χ4n) is 2.83. The summed E-state index contributed by atoms with van der Waals surface area (Å²) in [6, 6.07) is 10.3. The van der Waals surface area contributed by atoms with E-state index in [1.54, 1.807) is 18.3 Å². The maximum Gasteiger partial charge on any atom is 0.320 e.